The molecule has 0 radical (unpaired) electrons. The third-order valence-electron chi connectivity index (χ3n) is 4.86. The van der Waals surface area contributed by atoms with E-state index in [-0.39, 0.29) is 12.4 Å². The maximum Gasteiger partial charge on any atom is 0.373 e. The Hall–Kier alpha value is -3.64. The Labute approximate surface area is 224 Å². The van der Waals surface area contributed by atoms with Crippen molar-refractivity contribution in [2.45, 2.75) is 65.3 Å². The summed E-state index contributed by atoms with van der Waals surface area (Å²) in [6, 6.07) is 6.56. The highest BCUT2D eigenvalue weighted by atomic mass is 35.5. The van der Waals surface area contributed by atoms with E-state index in [9.17, 15) is 24.0 Å². The Morgan fingerprint density at radius 1 is 0.816 bits per heavy atom. The van der Waals surface area contributed by atoms with E-state index in [0.717, 1.165) is 27.7 Å². The average Bonchev–Trinajstić information content (AvgIpc) is 2.81. The second-order valence-electron chi connectivity index (χ2n) is 7.94. The van der Waals surface area contributed by atoms with Crippen LogP contribution in [0.1, 0.15) is 40.2 Å². The maximum absolute atomic E-state index is 12.8. The summed E-state index contributed by atoms with van der Waals surface area (Å²) >= 11 is 6.23. The van der Waals surface area contributed by atoms with Gasteiger partial charge in [0.25, 0.3) is 0 Å². The summed E-state index contributed by atoms with van der Waals surface area (Å²) in [4.78, 5) is 60.1. The molecule has 1 heterocycles. The Morgan fingerprint density at radius 3 is 1.95 bits per heavy atom. The number of ether oxygens (including phenoxy) is 7. The molecule has 208 valence electrons. The van der Waals surface area contributed by atoms with Crippen LogP contribution in [0.4, 0.5) is 0 Å². The highest BCUT2D eigenvalue weighted by molar-refractivity contribution is 6.32. The zero-order valence-electron chi connectivity index (χ0n) is 21.5. The zero-order chi connectivity index (χ0) is 28.4. The number of carbonyl (C=O) groups is 5. The topological polar surface area (TPSA) is 150 Å². The molecule has 13 heteroatoms. The van der Waals surface area contributed by atoms with E-state index in [1.54, 1.807) is 31.2 Å². The third kappa shape index (κ3) is 9.03. The lowest BCUT2D eigenvalue weighted by atomic mass is 9.98. The van der Waals surface area contributed by atoms with E-state index < -0.39 is 67.2 Å². The molecule has 1 aromatic carbocycles. The summed E-state index contributed by atoms with van der Waals surface area (Å²) in [5.74, 6) is -4.38. The number of carbonyl (C=O) groups excluding carboxylic acids is 5. The van der Waals surface area contributed by atoms with Crippen LogP contribution in [0.2, 0.25) is 5.02 Å². The molecular weight excluding hydrogens is 528 g/mol. The molecule has 0 bridgehead atoms. The lowest BCUT2D eigenvalue weighted by molar-refractivity contribution is -0.299. The molecule has 0 aliphatic carbocycles. The van der Waals surface area contributed by atoms with Gasteiger partial charge in [-0.15, -0.1) is 0 Å². The quantitative estimate of drug-likeness (QED) is 0.180. The van der Waals surface area contributed by atoms with Gasteiger partial charge in [-0.1, -0.05) is 29.8 Å². The standard InChI is InChI=1S/C25H29ClO12/c1-6-32-24(31)19(11-17-9-7-8-10-18(17)26)37-25-23(36-16(5)30)22(35-15(4)29)21(34-14(3)28)20(38-25)12-33-13(2)27/h7-11,20-23,25H,6,12H2,1-5H3/t20-,21+,22+,23-,25-/m0/s1. The molecule has 38 heavy (non-hydrogen) atoms. The minimum atomic E-state index is -1.62. The monoisotopic (exact) mass is 556 g/mol. The second-order valence-corrected chi connectivity index (χ2v) is 8.34. The molecule has 0 spiro atoms. The summed E-state index contributed by atoms with van der Waals surface area (Å²) < 4.78 is 37.8. The van der Waals surface area contributed by atoms with E-state index in [2.05, 4.69) is 0 Å². The number of esters is 5. The van der Waals surface area contributed by atoms with Crippen molar-refractivity contribution in [1.82, 2.24) is 0 Å². The van der Waals surface area contributed by atoms with E-state index in [4.69, 9.17) is 44.8 Å². The zero-order valence-corrected chi connectivity index (χ0v) is 22.2. The molecular formula is C25H29ClO12. The van der Waals surface area contributed by atoms with Crippen LogP contribution < -0.4 is 0 Å². The SMILES string of the molecule is CCOC(=O)C(=Cc1ccccc1Cl)O[C@H]1O[C@@H](COC(C)=O)[C@@H](OC(C)=O)[C@@H](OC(C)=O)[C@@H]1OC(C)=O. The van der Waals surface area contributed by atoms with Crippen molar-refractivity contribution in [2.75, 3.05) is 13.2 Å². The smallest absolute Gasteiger partial charge is 0.373 e. The van der Waals surface area contributed by atoms with E-state index in [1.807, 2.05) is 0 Å². The van der Waals surface area contributed by atoms with Crippen molar-refractivity contribution >= 4 is 47.5 Å². The minimum Gasteiger partial charge on any atom is -0.463 e. The molecule has 0 unspecified atom stereocenters. The molecule has 1 saturated heterocycles. The van der Waals surface area contributed by atoms with Gasteiger partial charge >= 0.3 is 29.8 Å². The fourth-order valence-electron chi connectivity index (χ4n) is 3.49. The number of benzene rings is 1. The van der Waals surface area contributed by atoms with Gasteiger partial charge in [-0.25, -0.2) is 4.79 Å². The fourth-order valence-corrected chi connectivity index (χ4v) is 3.68. The predicted octanol–water partition coefficient (Wildman–Crippen LogP) is 2.34. The number of hydrogen-bond acceptors (Lipinski definition) is 12. The van der Waals surface area contributed by atoms with Crippen molar-refractivity contribution in [3.63, 3.8) is 0 Å². The first-order chi connectivity index (χ1) is 17.9. The van der Waals surface area contributed by atoms with Crippen LogP contribution in [-0.4, -0.2) is 73.8 Å². The number of hydrogen-bond donors (Lipinski definition) is 0. The van der Waals surface area contributed by atoms with Crippen LogP contribution in [0.3, 0.4) is 0 Å². The predicted molar refractivity (Wildman–Crippen MR) is 129 cm³/mol. The van der Waals surface area contributed by atoms with E-state index >= 15 is 0 Å². The highest BCUT2D eigenvalue weighted by Crippen LogP contribution is 2.32. The van der Waals surface area contributed by atoms with Gasteiger partial charge in [0.1, 0.15) is 12.7 Å². The average molecular weight is 557 g/mol. The summed E-state index contributed by atoms with van der Waals surface area (Å²) in [5.41, 5.74) is 0.392. The molecule has 0 saturated carbocycles. The Kier molecular flexibility index (Phi) is 11.5. The Bertz CT molecular complexity index is 1070. The first-order valence-corrected chi connectivity index (χ1v) is 11.9. The van der Waals surface area contributed by atoms with Crippen LogP contribution in [-0.2, 0) is 57.1 Å². The van der Waals surface area contributed by atoms with Gasteiger partial charge in [-0.2, -0.15) is 0 Å². The van der Waals surface area contributed by atoms with Crippen molar-refractivity contribution in [1.29, 1.82) is 0 Å². The fraction of sp³-hybridized carbons (Fsp3) is 0.480. The summed E-state index contributed by atoms with van der Waals surface area (Å²) in [5, 5.41) is 0.291. The molecule has 1 fully saturated rings. The van der Waals surface area contributed by atoms with Gasteiger partial charge in [0.15, 0.2) is 12.2 Å². The minimum absolute atomic E-state index is 0.000623. The summed E-state index contributed by atoms with van der Waals surface area (Å²) in [6.07, 6.45) is -5.96. The van der Waals surface area contributed by atoms with E-state index in [1.165, 1.54) is 6.08 Å². The first kappa shape index (κ1) is 30.6. The molecule has 1 aliphatic heterocycles. The molecule has 0 N–H and O–H groups in total. The van der Waals surface area contributed by atoms with Crippen LogP contribution in [0.25, 0.3) is 6.08 Å². The first-order valence-electron chi connectivity index (χ1n) is 11.5. The normalized spacial score (nSPS) is 23.0. The van der Waals surface area contributed by atoms with Crippen molar-refractivity contribution < 1.29 is 57.1 Å². The molecule has 1 aliphatic rings. The van der Waals surface area contributed by atoms with Gasteiger partial charge in [0, 0.05) is 32.7 Å². The van der Waals surface area contributed by atoms with E-state index in [0.29, 0.717) is 10.6 Å². The van der Waals surface area contributed by atoms with Crippen LogP contribution in [0.15, 0.2) is 30.0 Å². The maximum atomic E-state index is 12.8. The van der Waals surface area contributed by atoms with Crippen molar-refractivity contribution in [3.8, 4) is 0 Å². The van der Waals surface area contributed by atoms with Gasteiger partial charge < -0.3 is 33.2 Å². The van der Waals surface area contributed by atoms with Crippen LogP contribution >= 0.6 is 11.6 Å². The Morgan fingerprint density at radius 2 is 1.39 bits per heavy atom. The molecule has 0 amide bonds. The molecule has 0 aromatic heterocycles. The van der Waals surface area contributed by atoms with Crippen LogP contribution in [0.5, 0.6) is 0 Å². The largest absolute Gasteiger partial charge is 0.463 e. The lowest BCUT2D eigenvalue weighted by Crippen LogP contribution is -2.63. The third-order valence-corrected chi connectivity index (χ3v) is 5.20. The van der Waals surface area contributed by atoms with Crippen LogP contribution in [0, 0.1) is 0 Å². The van der Waals surface area contributed by atoms with Gasteiger partial charge in [-0.05, 0) is 24.6 Å². The highest BCUT2D eigenvalue weighted by Gasteiger charge is 2.53. The second kappa shape index (κ2) is 14.3. The lowest BCUT2D eigenvalue weighted by Gasteiger charge is -2.43. The van der Waals surface area contributed by atoms with Gasteiger partial charge in [0.05, 0.1) is 6.61 Å². The molecule has 2 rings (SSSR count). The number of rotatable bonds is 10. The Balaban J connectivity index is 2.59. The summed E-state index contributed by atoms with van der Waals surface area (Å²) in [7, 11) is 0. The van der Waals surface area contributed by atoms with Gasteiger partial charge in [0.2, 0.25) is 18.2 Å². The van der Waals surface area contributed by atoms with Crippen molar-refractivity contribution in [3.05, 3.63) is 40.6 Å². The van der Waals surface area contributed by atoms with Gasteiger partial charge in [-0.3, -0.25) is 19.2 Å². The van der Waals surface area contributed by atoms with Crippen molar-refractivity contribution in [2.24, 2.45) is 0 Å². The molecule has 12 nitrogen and oxygen atoms in total. The molecule has 5 atom stereocenters. The summed E-state index contributed by atoms with van der Waals surface area (Å²) in [6.45, 7) is 5.54. The number of halogens is 1. The molecule has 1 aromatic rings.